The Morgan fingerprint density at radius 1 is 1.36 bits per heavy atom. The van der Waals surface area contributed by atoms with E-state index >= 15 is 0 Å². The molecule has 4 aromatic heterocycles. The van der Waals surface area contributed by atoms with Crippen molar-refractivity contribution in [1.29, 1.82) is 0 Å². The number of carbonyl (C=O) groups is 1. The lowest BCUT2D eigenvalue weighted by Gasteiger charge is -2.19. The Morgan fingerprint density at radius 3 is 3.07 bits per heavy atom. The van der Waals surface area contributed by atoms with Gasteiger partial charge in [-0.25, -0.2) is 9.50 Å². The number of hydrogen-bond donors (Lipinski definition) is 0. The molecule has 0 fully saturated rings. The highest BCUT2D eigenvalue weighted by Gasteiger charge is 2.19. The molecule has 0 aromatic carbocycles. The van der Waals surface area contributed by atoms with Crippen LogP contribution in [0, 0.1) is 0 Å². The van der Waals surface area contributed by atoms with Gasteiger partial charge in [-0.2, -0.15) is 4.98 Å². The van der Waals surface area contributed by atoms with Gasteiger partial charge in [-0.15, -0.1) is 26.6 Å². The third-order valence-corrected chi connectivity index (χ3v) is 5.47. The van der Waals surface area contributed by atoms with E-state index in [4.69, 9.17) is 4.42 Å². The first-order chi connectivity index (χ1) is 13.7. The summed E-state index contributed by atoms with van der Waals surface area (Å²) in [6.45, 7) is 2.91. The largest absolute Gasteiger partial charge is 0.418 e. The van der Waals surface area contributed by atoms with Crippen molar-refractivity contribution >= 4 is 34.8 Å². The van der Waals surface area contributed by atoms with E-state index in [1.165, 1.54) is 23.1 Å². The maximum atomic E-state index is 12.7. The van der Waals surface area contributed by atoms with Gasteiger partial charge >= 0.3 is 0 Å². The van der Waals surface area contributed by atoms with Gasteiger partial charge in [0.2, 0.25) is 17.0 Å². The summed E-state index contributed by atoms with van der Waals surface area (Å²) in [5.74, 6) is 1.60. The standard InChI is InChI=1S/C17H17N7O2S2/c1-2-7-23(10-13-20-21-15(26-13)12-5-3-9-27-12)14(25)11-28-17-19-16-18-6-4-8-24(16)22-17/h3-6,8-9H,2,7,10-11H2,1H3. The molecule has 0 aliphatic heterocycles. The molecule has 0 N–H and O–H groups in total. The van der Waals surface area contributed by atoms with Crippen LogP contribution in [0.15, 0.2) is 45.5 Å². The number of hydrogen-bond acceptors (Lipinski definition) is 9. The number of nitrogens with zero attached hydrogens (tertiary/aromatic N) is 7. The summed E-state index contributed by atoms with van der Waals surface area (Å²) in [5.41, 5.74) is 0. The molecular weight excluding hydrogens is 398 g/mol. The van der Waals surface area contributed by atoms with E-state index in [-0.39, 0.29) is 18.2 Å². The number of carbonyl (C=O) groups excluding carboxylic acids is 1. The molecule has 9 nitrogen and oxygen atoms in total. The number of fused-ring (bicyclic) bond motifs is 1. The smallest absolute Gasteiger partial charge is 0.257 e. The predicted octanol–water partition coefficient (Wildman–Crippen LogP) is 2.77. The highest BCUT2D eigenvalue weighted by atomic mass is 32.2. The molecule has 0 bridgehead atoms. The van der Waals surface area contributed by atoms with Gasteiger partial charge in [0.25, 0.3) is 11.7 Å². The van der Waals surface area contributed by atoms with Gasteiger partial charge in [-0.3, -0.25) is 4.79 Å². The normalized spacial score (nSPS) is 11.2. The van der Waals surface area contributed by atoms with E-state index in [0.717, 1.165) is 11.3 Å². The van der Waals surface area contributed by atoms with Gasteiger partial charge < -0.3 is 9.32 Å². The number of aromatic nitrogens is 6. The Kier molecular flexibility index (Phi) is 5.63. The molecule has 0 saturated heterocycles. The minimum atomic E-state index is -0.0328. The summed E-state index contributed by atoms with van der Waals surface area (Å²) in [5, 5.41) is 14.9. The molecule has 1 amide bonds. The van der Waals surface area contributed by atoms with E-state index in [1.807, 2.05) is 24.4 Å². The summed E-state index contributed by atoms with van der Waals surface area (Å²) in [4.78, 5) is 23.8. The molecular formula is C17H17N7O2S2. The van der Waals surface area contributed by atoms with Gasteiger partial charge in [0.1, 0.15) is 0 Å². The van der Waals surface area contributed by atoms with Crippen molar-refractivity contribution in [3.8, 4) is 10.8 Å². The lowest BCUT2D eigenvalue weighted by Crippen LogP contribution is -2.32. The molecule has 0 spiro atoms. The molecule has 144 valence electrons. The highest BCUT2D eigenvalue weighted by Crippen LogP contribution is 2.23. The topological polar surface area (TPSA) is 102 Å². The second-order valence-electron chi connectivity index (χ2n) is 5.84. The third kappa shape index (κ3) is 4.20. The first kappa shape index (κ1) is 18.6. The van der Waals surface area contributed by atoms with Crippen LogP contribution in [0.3, 0.4) is 0 Å². The Labute approximate surface area is 168 Å². The third-order valence-electron chi connectivity index (χ3n) is 3.79. The van der Waals surface area contributed by atoms with Gasteiger partial charge in [0, 0.05) is 18.9 Å². The van der Waals surface area contributed by atoms with Gasteiger partial charge in [0.05, 0.1) is 17.2 Å². The second kappa shape index (κ2) is 8.48. The monoisotopic (exact) mass is 415 g/mol. The van der Waals surface area contributed by atoms with Crippen LogP contribution in [0.25, 0.3) is 16.5 Å². The van der Waals surface area contributed by atoms with Crippen molar-refractivity contribution in [2.45, 2.75) is 25.0 Å². The minimum absolute atomic E-state index is 0.0328. The fourth-order valence-electron chi connectivity index (χ4n) is 2.53. The summed E-state index contributed by atoms with van der Waals surface area (Å²) in [6, 6.07) is 5.63. The predicted molar refractivity (Wildman–Crippen MR) is 105 cm³/mol. The SMILES string of the molecule is CCCN(Cc1nnc(-c2cccs2)o1)C(=O)CSc1nc2ncccn2n1. The lowest BCUT2D eigenvalue weighted by atomic mass is 10.4. The van der Waals surface area contributed by atoms with Crippen LogP contribution >= 0.6 is 23.1 Å². The molecule has 0 unspecified atom stereocenters. The zero-order valence-electron chi connectivity index (χ0n) is 15.1. The number of thioether (sulfide) groups is 1. The number of rotatable bonds is 8. The van der Waals surface area contributed by atoms with Crippen LogP contribution < -0.4 is 0 Å². The first-order valence-corrected chi connectivity index (χ1v) is 10.5. The molecule has 0 aliphatic rings. The fraction of sp³-hybridized carbons (Fsp3) is 0.294. The number of thiophene rings is 1. The molecule has 11 heteroatoms. The van der Waals surface area contributed by atoms with Crippen LogP contribution in [-0.4, -0.2) is 52.9 Å². The minimum Gasteiger partial charge on any atom is -0.418 e. The van der Waals surface area contributed by atoms with Crippen LogP contribution in [0.2, 0.25) is 0 Å². The van der Waals surface area contributed by atoms with E-state index in [0.29, 0.717) is 29.3 Å². The molecule has 0 radical (unpaired) electrons. The Morgan fingerprint density at radius 2 is 2.29 bits per heavy atom. The summed E-state index contributed by atoms with van der Waals surface area (Å²) in [6.07, 6.45) is 4.26. The Bertz CT molecular complexity index is 1030. The first-order valence-electron chi connectivity index (χ1n) is 8.67. The average Bonchev–Trinajstić information content (AvgIpc) is 3.45. The maximum absolute atomic E-state index is 12.7. The summed E-state index contributed by atoms with van der Waals surface area (Å²) < 4.78 is 7.29. The zero-order valence-corrected chi connectivity index (χ0v) is 16.7. The van der Waals surface area contributed by atoms with Crippen molar-refractivity contribution in [1.82, 2.24) is 34.7 Å². The van der Waals surface area contributed by atoms with Crippen LogP contribution in [0.4, 0.5) is 0 Å². The van der Waals surface area contributed by atoms with E-state index in [1.54, 1.807) is 27.9 Å². The lowest BCUT2D eigenvalue weighted by molar-refractivity contribution is -0.129. The Balaban J connectivity index is 1.39. The van der Waals surface area contributed by atoms with Crippen molar-refractivity contribution in [2.24, 2.45) is 0 Å². The van der Waals surface area contributed by atoms with Crippen LogP contribution in [0.5, 0.6) is 0 Å². The van der Waals surface area contributed by atoms with E-state index in [2.05, 4.69) is 25.3 Å². The van der Waals surface area contributed by atoms with E-state index in [9.17, 15) is 4.79 Å². The second-order valence-corrected chi connectivity index (χ2v) is 7.73. The zero-order chi connectivity index (χ0) is 19.3. The molecule has 28 heavy (non-hydrogen) atoms. The van der Waals surface area contributed by atoms with Gasteiger partial charge in [0.15, 0.2) is 0 Å². The summed E-state index contributed by atoms with van der Waals surface area (Å²) >= 11 is 2.81. The molecule has 0 saturated carbocycles. The van der Waals surface area contributed by atoms with Crippen LogP contribution in [-0.2, 0) is 11.3 Å². The van der Waals surface area contributed by atoms with Gasteiger partial charge in [-0.1, -0.05) is 24.8 Å². The molecule has 4 rings (SSSR count). The maximum Gasteiger partial charge on any atom is 0.257 e. The highest BCUT2D eigenvalue weighted by molar-refractivity contribution is 7.99. The fourth-order valence-corrected chi connectivity index (χ4v) is 3.91. The molecule has 4 heterocycles. The number of amides is 1. The summed E-state index contributed by atoms with van der Waals surface area (Å²) in [7, 11) is 0. The van der Waals surface area contributed by atoms with Crippen LogP contribution in [0.1, 0.15) is 19.2 Å². The average molecular weight is 416 g/mol. The quantitative estimate of drug-likeness (QED) is 0.405. The molecule has 4 aromatic rings. The van der Waals surface area contributed by atoms with Crippen molar-refractivity contribution in [2.75, 3.05) is 12.3 Å². The van der Waals surface area contributed by atoms with Gasteiger partial charge in [-0.05, 0) is 23.9 Å². The molecule has 0 aliphatic carbocycles. The van der Waals surface area contributed by atoms with E-state index < -0.39 is 0 Å². The molecule has 0 atom stereocenters. The van der Waals surface area contributed by atoms with Crippen molar-refractivity contribution in [3.05, 3.63) is 41.9 Å². The van der Waals surface area contributed by atoms with Crippen molar-refractivity contribution < 1.29 is 9.21 Å². The Hall–Kier alpha value is -2.79. The van der Waals surface area contributed by atoms with Crippen molar-refractivity contribution in [3.63, 3.8) is 0 Å².